The number of hydrogen-bond acceptors (Lipinski definition) is 4. The zero-order chi connectivity index (χ0) is 13.9. The molecule has 1 aliphatic carbocycles. The Morgan fingerprint density at radius 1 is 1.37 bits per heavy atom. The van der Waals surface area contributed by atoms with Crippen molar-refractivity contribution in [2.45, 2.75) is 45.1 Å². The van der Waals surface area contributed by atoms with E-state index in [-0.39, 0.29) is 11.9 Å². The molecule has 1 amide bonds. The lowest BCUT2D eigenvalue weighted by molar-refractivity contribution is -0.130. The molecule has 19 heavy (non-hydrogen) atoms. The van der Waals surface area contributed by atoms with E-state index in [1.165, 1.54) is 32.1 Å². The summed E-state index contributed by atoms with van der Waals surface area (Å²) in [4.78, 5) is 18.1. The predicted octanol–water partition coefficient (Wildman–Crippen LogP) is 2.11. The molecule has 2 rings (SSSR count). The van der Waals surface area contributed by atoms with Crippen LogP contribution in [-0.2, 0) is 4.79 Å². The summed E-state index contributed by atoms with van der Waals surface area (Å²) in [6.45, 7) is 2.83. The number of carbonyl (C=O) groups excluding carboxylic acids is 1. The molecule has 0 aromatic heterocycles. The first-order valence-electron chi connectivity index (χ1n) is 7.17. The zero-order valence-corrected chi connectivity index (χ0v) is 13.1. The molecule has 0 radical (unpaired) electrons. The number of amides is 1. The zero-order valence-electron chi connectivity index (χ0n) is 12.2. The molecule has 4 nitrogen and oxygen atoms in total. The minimum atomic E-state index is -0.193. The average Bonchev–Trinajstić information content (AvgIpc) is 2.41. The smallest absolute Gasteiger partial charge is 0.244 e. The third-order valence-corrected chi connectivity index (χ3v) is 5.42. The average molecular weight is 283 g/mol. The van der Waals surface area contributed by atoms with Crippen LogP contribution in [0.2, 0.25) is 0 Å². The van der Waals surface area contributed by atoms with Crippen LogP contribution >= 0.6 is 11.8 Å². The second-order valence-corrected chi connectivity index (χ2v) is 7.03. The quantitative estimate of drug-likeness (QED) is 0.844. The monoisotopic (exact) mass is 283 g/mol. The van der Waals surface area contributed by atoms with E-state index in [0.29, 0.717) is 5.41 Å². The van der Waals surface area contributed by atoms with Crippen molar-refractivity contribution in [3.05, 3.63) is 0 Å². The van der Waals surface area contributed by atoms with E-state index in [4.69, 9.17) is 0 Å². The van der Waals surface area contributed by atoms with Crippen molar-refractivity contribution in [2.75, 3.05) is 26.4 Å². The van der Waals surface area contributed by atoms with Crippen LogP contribution in [0, 0.1) is 5.41 Å². The molecule has 0 aromatic rings. The van der Waals surface area contributed by atoms with Gasteiger partial charge in [-0.05, 0) is 25.2 Å². The second-order valence-electron chi connectivity index (χ2n) is 6.07. The number of aliphatic imine (C=N–C) groups is 1. The normalized spacial score (nSPS) is 23.6. The Bertz CT molecular complexity index is 362. The predicted molar refractivity (Wildman–Crippen MR) is 81.6 cm³/mol. The van der Waals surface area contributed by atoms with Gasteiger partial charge in [0.05, 0.1) is 0 Å². The van der Waals surface area contributed by atoms with E-state index < -0.39 is 0 Å². The molecule has 1 fully saturated rings. The third kappa shape index (κ3) is 3.65. The molecule has 1 spiro atoms. The lowest BCUT2D eigenvalue weighted by atomic mass is 9.75. The number of amidine groups is 1. The van der Waals surface area contributed by atoms with Gasteiger partial charge in [0.2, 0.25) is 5.91 Å². The van der Waals surface area contributed by atoms with Gasteiger partial charge in [0.1, 0.15) is 6.04 Å². The highest BCUT2D eigenvalue weighted by atomic mass is 32.2. The fraction of sp³-hybridized carbons (Fsp3) is 0.857. The van der Waals surface area contributed by atoms with Crippen molar-refractivity contribution < 1.29 is 4.79 Å². The Hall–Kier alpha value is -0.710. The molecule has 1 saturated carbocycles. The van der Waals surface area contributed by atoms with Gasteiger partial charge in [-0.3, -0.25) is 9.79 Å². The van der Waals surface area contributed by atoms with E-state index >= 15 is 0 Å². The fourth-order valence-electron chi connectivity index (χ4n) is 2.88. The largest absolute Gasteiger partial charge is 0.353 e. The summed E-state index contributed by atoms with van der Waals surface area (Å²) < 4.78 is 0. The first-order chi connectivity index (χ1) is 9.02. The van der Waals surface area contributed by atoms with Gasteiger partial charge in [-0.25, -0.2) is 0 Å². The van der Waals surface area contributed by atoms with Crippen LogP contribution in [0.4, 0.5) is 0 Å². The lowest BCUT2D eigenvalue weighted by Crippen LogP contribution is -2.45. The minimum Gasteiger partial charge on any atom is -0.353 e. The standard InChI is InChI=1S/C14H25N3OS/c1-11(12(18)17(2)3)16-13-15-9-14(10-19-13)7-5-4-6-8-14/h11H,4-10H2,1-3H3,(H,15,16). The SMILES string of the molecule is CC(NC1=NCC2(CCCCC2)CS1)C(=O)N(C)C. The second kappa shape index (κ2) is 6.16. The van der Waals surface area contributed by atoms with Gasteiger partial charge >= 0.3 is 0 Å². The third-order valence-electron chi connectivity index (χ3n) is 4.14. The van der Waals surface area contributed by atoms with Crippen molar-refractivity contribution in [2.24, 2.45) is 10.4 Å². The highest BCUT2D eigenvalue weighted by Gasteiger charge is 2.35. The van der Waals surface area contributed by atoms with Gasteiger partial charge in [-0.15, -0.1) is 0 Å². The number of hydrogen-bond donors (Lipinski definition) is 1. The summed E-state index contributed by atoms with van der Waals surface area (Å²) in [5.41, 5.74) is 0.447. The Morgan fingerprint density at radius 2 is 2.05 bits per heavy atom. The topological polar surface area (TPSA) is 44.7 Å². The maximum absolute atomic E-state index is 11.8. The molecule has 1 N–H and O–H groups in total. The van der Waals surface area contributed by atoms with Crippen molar-refractivity contribution in [3.8, 4) is 0 Å². The van der Waals surface area contributed by atoms with Gasteiger partial charge in [0.15, 0.2) is 5.17 Å². The molecule has 0 saturated heterocycles. The van der Waals surface area contributed by atoms with Gasteiger partial charge in [-0.1, -0.05) is 31.0 Å². The molecule has 1 atom stereocenters. The Labute approximate surface area is 120 Å². The molecule has 1 aliphatic heterocycles. The maximum Gasteiger partial charge on any atom is 0.244 e. The van der Waals surface area contributed by atoms with Gasteiger partial charge in [0, 0.05) is 26.4 Å². The summed E-state index contributed by atoms with van der Waals surface area (Å²) in [6, 6.07) is -0.193. The Morgan fingerprint density at radius 3 is 2.58 bits per heavy atom. The minimum absolute atomic E-state index is 0.0984. The summed E-state index contributed by atoms with van der Waals surface area (Å²) in [6.07, 6.45) is 6.74. The van der Waals surface area contributed by atoms with Gasteiger partial charge in [0.25, 0.3) is 0 Å². The van der Waals surface area contributed by atoms with Crippen molar-refractivity contribution in [1.82, 2.24) is 10.2 Å². The number of carbonyl (C=O) groups is 1. The molecule has 5 heteroatoms. The van der Waals surface area contributed by atoms with E-state index in [9.17, 15) is 4.79 Å². The molecular formula is C14H25N3OS. The number of likely N-dealkylation sites (N-methyl/N-ethyl adjacent to an activating group) is 1. The Balaban J connectivity index is 1.88. The van der Waals surface area contributed by atoms with E-state index in [2.05, 4.69) is 10.3 Å². The van der Waals surface area contributed by atoms with Crippen LogP contribution in [0.15, 0.2) is 4.99 Å². The molecule has 108 valence electrons. The molecule has 1 unspecified atom stereocenters. The summed E-state index contributed by atoms with van der Waals surface area (Å²) in [5, 5.41) is 4.19. The van der Waals surface area contributed by atoms with Crippen molar-refractivity contribution in [1.29, 1.82) is 0 Å². The van der Waals surface area contributed by atoms with Gasteiger partial charge in [-0.2, -0.15) is 0 Å². The molecule has 0 bridgehead atoms. The van der Waals surface area contributed by atoms with E-state index in [1.54, 1.807) is 30.8 Å². The van der Waals surface area contributed by atoms with Crippen LogP contribution in [0.5, 0.6) is 0 Å². The number of nitrogens with zero attached hydrogens (tertiary/aromatic N) is 2. The Kier molecular flexibility index (Phi) is 4.76. The summed E-state index contributed by atoms with van der Waals surface area (Å²) in [7, 11) is 3.57. The van der Waals surface area contributed by atoms with E-state index in [0.717, 1.165) is 17.5 Å². The summed E-state index contributed by atoms with van der Waals surface area (Å²) >= 11 is 1.79. The van der Waals surface area contributed by atoms with Gasteiger partial charge < -0.3 is 10.2 Å². The first-order valence-corrected chi connectivity index (χ1v) is 8.16. The highest BCUT2D eigenvalue weighted by Crippen LogP contribution is 2.41. The maximum atomic E-state index is 11.8. The molecule has 1 heterocycles. The van der Waals surface area contributed by atoms with Crippen LogP contribution < -0.4 is 5.32 Å². The lowest BCUT2D eigenvalue weighted by Gasteiger charge is -2.38. The molecule has 0 aromatic carbocycles. The molecule has 2 aliphatic rings. The number of thioether (sulfide) groups is 1. The van der Waals surface area contributed by atoms with Crippen molar-refractivity contribution in [3.63, 3.8) is 0 Å². The first kappa shape index (κ1) is 14.7. The number of rotatable bonds is 2. The van der Waals surface area contributed by atoms with Crippen LogP contribution in [0.25, 0.3) is 0 Å². The van der Waals surface area contributed by atoms with E-state index in [1.807, 2.05) is 6.92 Å². The van der Waals surface area contributed by atoms with Crippen LogP contribution in [0.3, 0.4) is 0 Å². The summed E-state index contributed by atoms with van der Waals surface area (Å²) in [5.74, 6) is 1.25. The fourth-order valence-corrected chi connectivity index (χ4v) is 4.12. The highest BCUT2D eigenvalue weighted by molar-refractivity contribution is 8.13. The van der Waals surface area contributed by atoms with Crippen LogP contribution in [-0.4, -0.2) is 48.4 Å². The van der Waals surface area contributed by atoms with Crippen molar-refractivity contribution >= 4 is 22.8 Å². The molecular weight excluding hydrogens is 258 g/mol. The number of nitrogens with one attached hydrogen (secondary N) is 1. The van der Waals surface area contributed by atoms with Crippen LogP contribution in [0.1, 0.15) is 39.0 Å².